The normalized spacial score (nSPS) is 10.9. The van der Waals surface area contributed by atoms with Crippen LogP contribution in [0.1, 0.15) is 0 Å². The van der Waals surface area contributed by atoms with Crippen LogP contribution in [0.3, 0.4) is 0 Å². The molecule has 27 heavy (non-hydrogen) atoms. The maximum atomic E-state index is 6.18. The fourth-order valence-electron chi connectivity index (χ4n) is 2.97. The van der Waals surface area contributed by atoms with Crippen LogP contribution in [0.25, 0.3) is 28.2 Å². The Kier molecular flexibility index (Phi) is 4.08. The van der Waals surface area contributed by atoms with Crippen molar-refractivity contribution in [2.24, 2.45) is 0 Å². The molecule has 0 saturated heterocycles. The number of para-hydroxylation sites is 2. The van der Waals surface area contributed by atoms with E-state index in [1.54, 1.807) is 32.1 Å². The standard InChI is InChI=1S/C19H19N5O3/c1-25-15-8-11(9-16(26-2)18(15)27-3)14-10-17(20)24(23-14)19-21-12-6-4-5-7-13(12)22-19/h4-10H,20H2,1-3H3,(H,21,22). The number of anilines is 1. The second-order valence-corrected chi connectivity index (χ2v) is 5.86. The predicted octanol–water partition coefficient (Wildman–Crippen LogP) is 3.02. The van der Waals surface area contributed by atoms with Crippen molar-refractivity contribution in [3.63, 3.8) is 0 Å². The summed E-state index contributed by atoms with van der Waals surface area (Å²) in [6.45, 7) is 0. The lowest BCUT2D eigenvalue weighted by molar-refractivity contribution is 0.324. The van der Waals surface area contributed by atoms with Gasteiger partial charge in [0.2, 0.25) is 11.7 Å². The van der Waals surface area contributed by atoms with Crippen LogP contribution in [-0.4, -0.2) is 41.1 Å². The summed E-state index contributed by atoms with van der Waals surface area (Å²) in [5, 5.41) is 4.60. The van der Waals surface area contributed by atoms with Gasteiger partial charge in [-0.2, -0.15) is 9.78 Å². The van der Waals surface area contributed by atoms with Gasteiger partial charge < -0.3 is 24.9 Å². The summed E-state index contributed by atoms with van der Waals surface area (Å²) < 4.78 is 17.8. The van der Waals surface area contributed by atoms with E-state index in [4.69, 9.17) is 19.9 Å². The zero-order chi connectivity index (χ0) is 19.0. The maximum Gasteiger partial charge on any atom is 0.231 e. The summed E-state index contributed by atoms with van der Waals surface area (Å²) in [7, 11) is 4.71. The quantitative estimate of drug-likeness (QED) is 0.564. The number of rotatable bonds is 5. The number of H-pyrrole nitrogens is 1. The number of benzene rings is 2. The summed E-state index contributed by atoms with van der Waals surface area (Å²) in [4.78, 5) is 7.76. The molecule has 0 radical (unpaired) electrons. The van der Waals surface area contributed by atoms with Crippen molar-refractivity contribution >= 4 is 16.9 Å². The Morgan fingerprint density at radius 3 is 2.30 bits per heavy atom. The molecule has 2 aromatic heterocycles. The molecule has 0 unspecified atom stereocenters. The smallest absolute Gasteiger partial charge is 0.231 e. The Hall–Kier alpha value is -3.68. The predicted molar refractivity (Wildman–Crippen MR) is 103 cm³/mol. The number of ether oxygens (including phenoxy) is 3. The first-order valence-electron chi connectivity index (χ1n) is 8.25. The van der Waals surface area contributed by atoms with Crippen molar-refractivity contribution in [3.8, 4) is 34.5 Å². The Morgan fingerprint density at radius 1 is 0.963 bits per heavy atom. The molecule has 8 heteroatoms. The number of hydrogen-bond donors (Lipinski definition) is 2. The molecule has 0 bridgehead atoms. The van der Waals surface area contributed by atoms with E-state index < -0.39 is 0 Å². The highest BCUT2D eigenvalue weighted by molar-refractivity contribution is 5.76. The monoisotopic (exact) mass is 365 g/mol. The van der Waals surface area contributed by atoms with E-state index in [1.807, 2.05) is 36.4 Å². The number of nitrogens with zero attached hydrogens (tertiary/aromatic N) is 3. The van der Waals surface area contributed by atoms with Gasteiger partial charge in [0.15, 0.2) is 11.5 Å². The Morgan fingerprint density at radius 2 is 1.67 bits per heavy atom. The summed E-state index contributed by atoms with van der Waals surface area (Å²) >= 11 is 0. The van der Waals surface area contributed by atoms with Gasteiger partial charge >= 0.3 is 0 Å². The number of fused-ring (bicyclic) bond motifs is 1. The maximum absolute atomic E-state index is 6.18. The van der Waals surface area contributed by atoms with Gasteiger partial charge in [-0.1, -0.05) is 12.1 Å². The molecule has 0 fully saturated rings. The van der Waals surface area contributed by atoms with E-state index in [0.717, 1.165) is 16.6 Å². The molecule has 4 rings (SSSR count). The van der Waals surface area contributed by atoms with Crippen molar-refractivity contribution in [3.05, 3.63) is 42.5 Å². The fourth-order valence-corrected chi connectivity index (χ4v) is 2.97. The van der Waals surface area contributed by atoms with Crippen LogP contribution in [0.2, 0.25) is 0 Å². The van der Waals surface area contributed by atoms with Crippen LogP contribution in [-0.2, 0) is 0 Å². The van der Waals surface area contributed by atoms with Crippen molar-refractivity contribution < 1.29 is 14.2 Å². The molecule has 2 heterocycles. The second-order valence-electron chi connectivity index (χ2n) is 5.86. The molecule has 0 atom stereocenters. The van der Waals surface area contributed by atoms with Gasteiger partial charge in [0, 0.05) is 11.6 Å². The van der Waals surface area contributed by atoms with Crippen molar-refractivity contribution in [1.82, 2.24) is 19.7 Å². The summed E-state index contributed by atoms with van der Waals surface area (Å²) in [6.07, 6.45) is 0. The van der Waals surface area contributed by atoms with Gasteiger partial charge in [-0.25, -0.2) is 4.98 Å². The molecule has 0 aliphatic rings. The lowest BCUT2D eigenvalue weighted by atomic mass is 10.1. The molecular formula is C19H19N5O3. The minimum absolute atomic E-state index is 0.456. The van der Waals surface area contributed by atoms with E-state index in [2.05, 4.69) is 15.1 Å². The van der Waals surface area contributed by atoms with Crippen LogP contribution < -0.4 is 19.9 Å². The Balaban J connectivity index is 1.81. The highest BCUT2D eigenvalue weighted by Crippen LogP contribution is 2.41. The topological polar surface area (TPSA) is 100 Å². The van der Waals surface area contributed by atoms with Crippen molar-refractivity contribution in [2.75, 3.05) is 27.1 Å². The number of nitrogens with two attached hydrogens (primary N) is 1. The molecule has 4 aromatic rings. The Bertz CT molecular complexity index is 1060. The first-order valence-corrected chi connectivity index (χ1v) is 8.25. The minimum atomic E-state index is 0.456. The van der Waals surface area contributed by atoms with E-state index >= 15 is 0 Å². The van der Waals surface area contributed by atoms with Crippen LogP contribution >= 0.6 is 0 Å². The van der Waals surface area contributed by atoms with Gasteiger partial charge in [0.05, 0.1) is 38.1 Å². The van der Waals surface area contributed by atoms with Gasteiger partial charge in [0.25, 0.3) is 0 Å². The number of aromatic nitrogens is 4. The molecule has 138 valence electrons. The number of hydrogen-bond acceptors (Lipinski definition) is 6. The van der Waals surface area contributed by atoms with E-state index in [1.165, 1.54) is 0 Å². The number of nitrogens with one attached hydrogen (secondary N) is 1. The average molecular weight is 365 g/mol. The van der Waals surface area contributed by atoms with Gasteiger partial charge in [-0.3, -0.25) is 0 Å². The average Bonchev–Trinajstić information content (AvgIpc) is 3.29. The minimum Gasteiger partial charge on any atom is -0.493 e. The molecule has 0 amide bonds. The molecule has 0 aliphatic carbocycles. The zero-order valence-corrected chi connectivity index (χ0v) is 15.2. The molecule has 3 N–H and O–H groups in total. The number of imidazole rings is 1. The van der Waals surface area contributed by atoms with Crippen molar-refractivity contribution in [2.45, 2.75) is 0 Å². The lowest BCUT2D eigenvalue weighted by Gasteiger charge is -2.13. The number of nitrogen functional groups attached to an aromatic ring is 1. The lowest BCUT2D eigenvalue weighted by Crippen LogP contribution is -2.03. The second kappa shape index (κ2) is 6.56. The molecule has 0 aliphatic heterocycles. The highest BCUT2D eigenvalue weighted by Gasteiger charge is 2.17. The van der Waals surface area contributed by atoms with Gasteiger partial charge in [0.1, 0.15) is 5.82 Å². The molecule has 0 saturated carbocycles. The number of methoxy groups -OCH3 is 3. The van der Waals surface area contributed by atoms with Crippen molar-refractivity contribution in [1.29, 1.82) is 0 Å². The molecule has 2 aromatic carbocycles. The summed E-state index contributed by atoms with van der Waals surface area (Å²) in [6, 6.07) is 13.2. The SMILES string of the molecule is COc1cc(-c2cc(N)n(-c3nc4ccccc4[nH]3)n2)cc(OC)c1OC. The summed E-state index contributed by atoms with van der Waals surface area (Å²) in [5.74, 6) is 2.62. The van der Waals surface area contributed by atoms with E-state index in [0.29, 0.717) is 34.7 Å². The highest BCUT2D eigenvalue weighted by atomic mass is 16.5. The van der Waals surface area contributed by atoms with Gasteiger partial charge in [-0.05, 0) is 24.3 Å². The Labute approximate surface area is 155 Å². The summed E-state index contributed by atoms with van der Waals surface area (Å²) in [5.41, 5.74) is 9.38. The van der Waals surface area contributed by atoms with E-state index in [-0.39, 0.29) is 0 Å². The zero-order valence-electron chi connectivity index (χ0n) is 15.2. The molecule has 8 nitrogen and oxygen atoms in total. The van der Waals surface area contributed by atoms with Crippen LogP contribution in [0.15, 0.2) is 42.5 Å². The van der Waals surface area contributed by atoms with E-state index in [9.17, 15) is 0 Å². The third-order valence-electron chi connectivity index (χ3n) is 4.27. The molecule has 0 spiro atoms. The van der Waals surface area contributed by atoms with Crippen LogP contribution in [0, 0.1) is 0 Å². The van der Waals surface area contributed by atoms with Gasteiger partial charge in [-0.15, -0.1) is 0 Å². The van der Waals surface area contributed by atoms with Crippen LogP contribution in [0.5, 0.6) is 17.2 Å². The third-order valence-corrected chi connectivity index (χ3v) is 4.27. The first-order chi connectivity index (χ1) is 13.1. The largest absolute Gasteiger partial charge is 0.493 e. The fraction of sp³-hybridized carbons (Fsp3) is 0.158. The number of aromatic amines is 1. The molecular weight excluding hydrogens is 346 g/mol. The van der Waals surface area contributed by atoms with Crippen LogP contribution in [0.4, 0.5) is 5.82 Å². The third kappa shape index (κ3) is 2.80. The first kappa shape index (κ1) is 16.8.